The van der Waals surface area contributed by atoms with Gasteiger partial charge in [-0.15, -0.1) is 0 Å². The van der Waals surface area contributed by atoms with Crippen molar-refractivity contribution in [3.63, 3.8) is 0 Å². The number of imidazole rings is 1. The minimum absolute atomic E-state index is 0.132. The quantitative estimate of drug-likeness (QED) is 0.869. The minimum atomic E-state index is -0.132. The van der Waals surface area contributed by atoms with Crippen LogP contribution < -0.4 is 5.32 Å². The van der Waals surface area contributed by atoms with E-state index in [1.165, 1.54) is 12.0 Å². The molecular formula is C17H19N3O. The van der Waals surface area contributed by atoms with Crippen molar-refractivity contribution in [3.8, 4) is 0 Å². The van der Waals surface area contributed by atoms with Crippen molar-refractivity contribution >= 4 is 22.9 Å². The smallest absolute Gasteiger partial charge is 0.250 e. The molecule has 4 heteroatoms. The number of amides is 1. The molecule has 0 saturated carbocycles. The Labute approximate surface area is 124 Å². The maximum absolute atomic E-state index is 12.0. The number of anilines is 1. The topological polar surface area (TPSA) is 46.9 Å². The van der Waals surface area contributed by atoms with E-state index in [2.05, 4.69) is 16.4 Å². The van der Waals surface area contributed by atoms with Crippen molar-refractivity contribution < 1.29 is 4.79 Å². The molecule has 3 rings (SSSR count). The van der Waals surface area contributed by atoms with Crippen molar-refractivity contribution in [2.24, 2.45) is 0 Å². The van der Waals surface area contributed by atoms with Crippen molar-refractivity contribution in [2.45, 2.75) is 32.7 Å². The third kappa shape index (κ3) is 2.89. The van der Waals surface area contributed by atoms with Crippen LogP contribution in [0.3, 0.4) is 0 Å². The maximum Gasteiger partial charge on any atom is 0.250 e. The lowest BCUT2D eigenvalue weighted by atomic mass is 10.2. The summed E-state index contributed by atoms with van der Waals surface area (Å²) in [6, 6.07) is 7.90. The van der Waals surface area contributed by atoms with E-state index < -0.39 is 0 Å². The van der Waals surface area contributed by atoms with Gasteiger partial charge in [0, 0.05) is 12.6 Å². The molecule has 1 aromatic heterocycles. The van der Waals surface area contributed by atoms with E-state index >= 15 is 0 Å². The maximum atomic E-state index is 12.0. The number of aromatic nitrogens is 2. The van der Waals surface area contributed by atoms with Crippen LogP contribution in [-0.4, -0.2) is 15.5 Å². The average Bonchev–Trinajstić information content (AvgIpc) is 3.12. The van der Waals surface area contributed by atoms with E-state index in [9.17, 15) is 4.79 Å². The van der Waals surface area contributed by atoms with Crippen LogP contribution in [0.2, 0.25) is 0 Å². The molecule has 0 fully saturated rings. The van der Waals surface area contributed by atoms with E-state index in [4.69, 9.17) is 0 Å². The van der Waals surface area contributed by atoms with Gasteiger partial charge in [0.1, 0.15) is 0 Å². The average molecular weight is 281 g/mol. The second-order valence-corrected chi connectivity index (χ2v) is 5.16. The van der Waals surface area contributed by atoms with Crippen LogP contribution >= 0.6 is 0 Å². The molecule has 4 nitrogen and oxygen atoms in total. The molecule has 108 valence electrons. The van der Waals surface area contributed by atoms with Gasteiger partial charge in [-0.3, -0.25) is 10.1 Å². The van der Waals surface area contributed by atoms with Gasteiger partial charge in [0.05, 0.1) is 11.0 Å². The van der Waals surface area contributed by atoms with E-state index in [-0.39, 0.29) is 5.91 Å². The molecule has 0 saturated heterocycles. The third-order valence-electron chi connectivity index (χ3n) is 3.73. The number of carbonyl (C=O) groups is 1. The number of rotatable bonds is 4. The number of benzene rings is 1. The number of nitrogens with zero attached hydrogens (tertiary/aromatic N) is 2. The van der Waals surface area contributed by atoms with Gasteiger partial charge in [-0.1, -0.05) is 29.9 Å². The fourth-order valence-electron chi connectivity index (χ4n) is 2.67. The number of aryl methyl sites for hydroxylation is 1. The summed E-state index contributed by atoms with van der Waals surface area (Å²) >= 11 is 0. The number of fused-ring (bicyclic) bond motifs is 1. The molecule has 0 atom stereocenters. The van der Waals surface area contributed by atoms with E-state index in [1.54, 1.807) is 6.08 Å². The molecule has 1 amide bonds. The molecule has 1 aromatic carbocycles. The Balaban J connectivity index is 1.79. The van der Waals surface area contributed by atoms with Gasteiger partial charge in [0.15, 0.2) is 0 Å². The molecule has 1 aliphatic carbocycles. The first-order valence-electron chi connectivity index (χ1n) is 7.41. The van der Waals surface area contributed by atoms with Crippen molar-refractivity contribution in [1.82, 2.24) is 9.55 Å². The van der Waals surface area contributed by atoms with E-state index in [0.29, 0.717) is 5.95 Å². The van der Waals surface area contributed by atoms with Crippen LogP contribution in [0, 0.1) is 0 Å². The zero-order valence-electron chi connectivity index (χ0n) is 12.2. The zero-order chi connectivity index (χ0) is 14.7. The summed E-state index contributed by atoms with van der Waals surface area (Å²) < 4.78 is 2.01. The number of nitrogens with one attached hydrogen (secondary N) is 1. The Morgan fingerprint density at radius 2 is 2.29 bits per heavy atom. The van der Waals surface area contributed by atoms with Crippen molar-refractivity contribution in [1.29, 1.82) is 0 Å². The summed E-state index contributed by atoms with van der Waals surface area (Å²) in [7, 11) is 0. The second kappa shape index (κ2) is 5.95. The molecule has 2 aromatic rings. The van der Waals surface area contributed by atoms with Gasteiger partial charge in [0.25, 0.3) is 5.91 Å². The SMILES string of the molecule is CCn1c(NC(=O)/C=C\C2=CCCC2)nc2ccccc21. The fourth-order valence-corrected chi connectivity index (χ4v) is 2.67. The Hall–Kier alpha value is -2.36. The molecular weight excluding hydrogens is 262 g/mol. The highest BCUT2D eigenvalue weighted by Gasteiger charge is 2.10. The minimum Gasteiger partial charge on any atom is -0.310 e. The summed E-state index contributed by atoms with van der Waals surface area (Å²) in [4.78, 5) is 16.5. The van der Waals surface area contributed by atoms with Crippen LogP contribution in [0.15, 0.2) is 48.1 Å². The molecule has 1 aliphatic rings. The lowest BCUT2D eigenvalue weighted by Gasteiger charge is -2.05. The molecule has 1 heterocycles. The van der Waals surface area contributed by atoms with Gasteiger partial charge in [-0.05, 0) is 38.3 Å². The number of allylic oxidation sites excluding steroid dienone is 3. The summed E-state index contributed by atoms with van der Waals surface area (Å²) in [5, 5.41) is 2.87. The number of para-hydroxylation sites is 2. The Morgan fingerprint density at radius 1 is 1.43 bits per heavy atom. The van der Waals surface area contributed by atoms with Gasteiger partial charge < -0.3 is 4.57 Å². The highest BCUT2D eigenvalue weighted by Crippen LogP contribution is 2.20. The first-order chi connectivity index (χ1) is 10.3. The summed E-state index contributed by atoms with van der Waals surface area (Å²) in [5.74, 6) is 0.474. The van der Waals surface area contributed by atoms with E-state index in [1.807, 2.05) is 41.8 Å². The van der Waals surface area contributed by atoms with Crippen LogP contribution in [0.1, 0.15) is 26.2 Å². The molecule has 0 spiro atoms. The largest absolute Gasteiger partial charge is 0.310 e. The second-order valence-electron chi connectivity index (χ2n) is 5.16. The molecule has 0 radical (unpaired) electrons. The van der Waals surface area contributed by atoms with Crippen LogP contribution in [0.5, 0.6) is 0 Å². The fraction of sp³-hybridized carbons (Fsp3) is 0.294. The van der Waals surface area contributed by atoms with Crippen LogP contribution in [-0.2, 0) is 11.3 Å². The Morgan fingerprint density at radius 3 is 3.05 bits per heavy atom. The lowest BCUT2D eigenvalue weighted by Crippen LogP contribution is -2.13. The highest BCUT2D eigenvalue weighted by atomic mass is 16.1. The molecule has 21 heavy (non-hydrogen) atoms. The number of hydrogen-bond acceptors (Lipinski definition) is 2. The Bertz CT molecular complexity index is 725. The molecule has 0 bridgehead atoms. The summed E-state index contributed by atoms with van der Waals surface area (Å²) in [6.45, 7) is 2.81. The first kappa shape index (κ1) is 13.6. The summed E-state index contributed by atoms with van der Waals surface area (Å²) in [5.41, 5.74) is 3.18. The van der Waals surface area contributed by atoms with E-state index in [0.717, 1.165) is 30.4 Å². The molecule has 0 unspecified atom stereocenters. The first-order valence-corrected chi connectivity index (χ1v) is 7.41. The standard InChI is InChI=1S/C17H19N3O/c1-2-20-15-10-6-5-9-14(15)18-17(20)19-16(21)12-11-13-7-3-4-8-13/h5-7,9-12H,2-4,8H2,1H3,(H,18,19,21)/b12-11-. The highest BCUT2D eigenvalue weighted by molar-refractivity contribution is 5.99. The third-order valence-corrected chi connectivity index (χ3v) is 3.73. The summed E-state index contributed by atoms with van der Waals surface area (Å²) in [6.07, 6.45) is 9.06. The predicted octanol–water partition coefficient (Wildman–Crippen LogP) is 3.66. The van der Waals surface area contributed by atoms with Gasteiger partial charge >= 0.3 is 0 Å². The molecule has 1 N–H and O–H groups in total. The van der Waals surface area contributed by atoms with Gasteiger partial charge in [0.2, 0.25) is 5.95 Å². The molecule has 0 aliphatic heterocycles. The van der Waals surface area contributed by atoms with Gasteiger partial charge in [-0.2, -0.15) is 0 Å². The number of hydrogen-bond donors (Lipinski definition) is 1. The van der Waals surface area contributed by atoms with Crippen LogP contribution in [0.4, 0.5) is 5.95 Å². The number of carbonyl (C=O) groups excluding carboxylic acids is 1. The Kier molecular flexibility index (Phi) is 3.86. The predicted molar refractivity (Wildman–Crippen MR) is 85.1 cm³/mol. The zero-order valence-corrected chi connectivity index (χ0v) is 12.2. The van der Waals surface area contributed by atoms with Crippen LogP contribution in [0.25, 0.3) is 11.0 Å². The van der Waals surface area contributed by atoms with Gasteiger partial charge in [-0.25, -0.2) is 4.98 Å². The van der Waals surface area contributed by atoms with Crippen molar-refractivity contribution in [2.75, 3.05) is 5.32 Å². The normalized spacial score (nSPS) is 14.8. The van der Waals surface area contributed by atoms with Crippen molar-refractivity contribution in [3.05, 3.63) is 48.1 Å². The monoisotopic (exact) mass is 281 g/mol. The lowest BCUT2D eigenvalue weighted by molar-refractivity contribution is -0.112.